The first-order valence-electron chi connectivity index (χ1n) is 4.65. The second kappa shape index (κ2) is 6.71. The topological polar surface area (TPSA) is 50.9 Å². The van der Waals surface area contributed by atoms with Crippen LogP contribution in [0.4, 0.5) is 0 Å². The van der Waals surface area contributed by atoms with Crippen molar-refractivity contribution in [1.29, 1.82) is 0 Å². The van der Waals surface area contributed by atoms with Crippen LogP contribution in [0.5, 0.6) is 0 Å². The Hall–Kier alpha value is -0.770. The Kier molecular flexibility index (Phi) is 6.32. The van der Waals surface area contributed by atoms with Crippen molar-refractivity contribution in [2.24, 2.45) is 10.7 Å². The minimum Gasteiger partial charge on any atom is -0.383 e. The van der Waals surface area contributed by atoms with Crippen molar-refractivity contribution in [3.63, 3.8) is 0 Å². The third kappa shape index (κ3) is 4.12. The first-order valence-corrected chi connectivity index (χ1v) is 4.65. The van der Waals surface area contributed by atoms with Gasteiger partial charge in [0.05, 0.1) is 6.61 Å². The minimum atomic E-state index is 0.416. The maximum Gasteiger partial charge on any atom is 0.191 e. The van der Waals surface area contributed by atoms with Crippen LogP contribution in [0.1, 0.15) is 20.3 Å². The highest BCUT2D eigenvalue weighted by Crippen LogP contribution is 2.02. The average molecular weight is 187 g/mol. The SMILES string of the molecule is CCC(C)N(CCOC)C(N)=NC. The number of methoxy groups -OCH3 is 1. The molecule has 0 bridgehead atoms. The van der Waals surface area contributed by atoms with Gasteiger partial charge in [0.25, 0.3) is 0 Å². The molecule has 0 aliphatic rings. The number of hydrogen-bond acceptors (Lipinski definition) is 2. The molecule has 1 atom stereocenters. The molecule has 0 saturated carbocycles. The highest BCUT2D eigenvalue weighted by molar-refractivity contribution is 5.78. The molecule has 0 aromatic rings. The lowest BCUT2D eigenvalue weighted by molar-refractivity contribution is 0.162. The number of rotatable bonds is 5. The fraction of sp³-hybridized carbons (Fsp3) is 0.889. The van der Waals surface area contributed by atoms with Crippen LogP contribution in [0.15, 0.2) is 4.99 Å². The van der Waals surface area contributed by atoms with E-state index in [-0.39, 0.29) is 0 Å². The lowest BCUT2D eigenvalue weighted by Crippen LogP contribution is -2.44. The number of aliphatic imine (C=N–C) groups is 1. The molecular weight excluding hydrogens is 166 g/mol. The van der Waals surface area contributed by atoms with Crippen LogP contribution in [-0.4, -0.2) is 44.2 Å². The molecule has 0 aromatic heterocycles. The van der Waals surface area contributed by atoms with Crippen LogP contribution in [0.2, 0.25) is 0 Å². The Balaban J connectivity index is 4.18. The Morgan fingerprint density at radius 3 is 2.62 bits per heavy atom. The van der Waals surface area contributed by atoms with Gasteiger partial charge >= 0.3 is 0 Å². The van der Waals surface area contributed by atoms with Crippen molar-refractivity contribution in [2.45, 2.75) is 26.3 Å². The molecule has 0 aromatic carbocycles. The standard InChI is InChI=1S/C9H21N3O/c1-5-8(2)12(6-7-13-4)9(10)11-3/h8H,5-7H2,1-4H3,(H2,10,11). The van der Waals surface area contributed by atoms with Crippen molar-refractivity contribution in [1.82, 2.24) is 4.90 Å². The Labute approximate surface area is 80.8 Å². The molecule has 0 aliphatic heterocycles. The minimum absolute atomic E-state index is 0.416. The maximum atomic E-state index is 5.75. The van der Waals surface area contributed by atoms with E-state index >= 15 is 0 Å². The zero-order valence-electron chi connectivity index (χ0n) is 9.08. The van der Waals surface area contributed by atoms with E-state index in [1.54, 1.807) is 14.2 Å². The molecule has 1 unspecified atom stereocenters. The molecule has 13 heavy (non-hydrogen) atoms. The van der Waals surface area contributed by atoms with Crippen LogP contribution in [0, 0.1) is 0 Å². The van der Waals surface area contributed by atoms with Crippen molar-refractivity contribution in [2.75, 3.05) is 27.3 Å². The molecule has 0 heterocycles. The van der Waals surface area contributed by atoms with Crippen molar-refractivity contribution in [3.8, 4) is 0 Å². The van der Waals surface area contributed by atoms with Crippen LogP contribution in [-0.2, 0) is 4.74 Å². The average Bonchev–Trinajstić information content (AvgIpc) is 2.17. The normalized spacial score (nSPS) is 14.3. The lowest BCUT2D eigenvalue weighted by atomic mass is 10.2. The second-order valence-corrected chi connectivity index (χ2v) is 3.03. The van der Waals surface area contributed by atoms with E-state index < -0.39 is 0 Å². The van der Waals surface area contributed by atoms with E-state index in [4.69, 9.17) is 10.5 Å². The predicted octanol–water partition coefficient (Wildman–Crippen LogP) is 0.678. The molecule has 0 amide bonds. The molecule has 4 nitrogen and oxygen atoms in total. The third-order valence-electron chi connectivity index (χ3n) is 2.18. The summed E-state index contributed by atoms with van der Waals surface area (Å²) in [5.41, 5.74) is 5.75. The van der Waals surface area contributed by atoms with Crippen molar-refractivity contribution in [3.05, 3.63) is 0 Å². The fourth-order valence-electron chi connectivity index (χ4n) is 1.10. The van der Waals surface area contributed by atoms with E-state index in [0.717, 1.165) is 13.0 Å². The maximum absolute atomic E-state index is 5.75. The third-order valence-corrected chi connectivity index (χ3v) is 2.18. The van der Waals surface area contributed by atoms with Gasteiger partial charge in [-0.1, -0.05) is 6.92 Å². The summed E-state index contributed by atoms with van der Waals surface area (Å²) in [5, 5.41) is 0. The van der Waals surface area contributed by atoms with E-state index in [0.29, 0.717) is 18.6 Å². The summed E-state index contributed by atoms with van der Waals surface area (Å²) in [6.07, 6.45) is 1.06. The van der Waals surface area contributed by atoms with E-state index in [1.165, 1.54) is 0 Å². The summed E-state index contributed by atoms with van der Waals surface area (Å²) in [5.74, 6) is 0.589. The van der Waals surface area contributed by atoms with Crippen molar-refractivity contribution >= 4 is 5.96 Å². The van der Waals surface area contributed by atoms with E-state index in [1.807, 2.05) is 0 Å². The van der Waals surface area contributed by atoms with Crippen LogP contribution < -0.4 is 5.73 Å². The predicted molar refractivity (Wildman–Crippen MR) is 55.9 cm³/mol. The molecule has 0 rings (SSSR count). The summed E-state index contributed by atoms with van der Waals surface area (Å²) in [7, 11) is 3.39. The largest absolute Gasteiger partial charge is 0.383 e. The number of hydrogen-bond donors (Lipinski definition) is 1. The molecule has 0 spiro atoms. The monoisotopic (exact) mass is 187 g/mol. The summed E-state index contributed by atoms with van der Waals surface area (Å²) in [6.45, 7) is 5.75. The van der Waals surface area contributed by atoms with Crippen LogP contribution in [0.25, 0.3) is 0 Å². The molecule has 2 N–H and O–H groups in total. The summed E-state index contributed by atoms with van der Waals surface area (Å²) in [6, 6.07) is 0.416. The highest BCUT2D eigenvalue weighted by atomic mass is 16.5. The summed E-state index contributed by atoms with van der Waals surface area (Å²) < 4.78 is 5.01. The first kappa shape index (κ1) is 12.2. The summed E-state index contributed by atoms with van der Waals surface area (Å²) >= 11 is 0. The van der Waals surface area contributed by atoms with Crippen LogP contribution >= 0.6 is 0 Å². The molecule has 0 aliphatic carbocycles. The van der Waals surface area contributed by atoms with Gasteiger partial charge in [-0.2, -0.15) is 0 Å². The van der Waals surface area contributed by atoms with Gasteiger partial charge in [-0.3, -0.25) is 4.99 Å². The zero-order chi connectivity index (χ0) is 10.3. The summed E-state index contributed by atoms with van der Waals surface area (Å²) in [4.78, 5) is 6.03. The smallest absolute Gasteiger partial charge is 0.191 e. The second-order valence-electron chi connectivity index (χ2n) is 3.03. The number of nitrogens with zero attached hydrogens (tertiary/aromatic N) is 2. The van der Waals surface area contributed by atoms with Gasteiger partial charge in [-0.05, 0) is 13.3 Å². The number of guanidine groups is 1. The Morgan fingerprint density at radius 2 is 2.23 bits per heavy atom. The Bertz CT molecular complexity index is 159. The molecule has 78 valence electrons. The quantitative estimate of drug-likeness (QED) is 0.508. The number of ether oxygens (including phenoxy) is 1. The fourth-order valence-corrected chi connectivity index (χ4v) is 1.10. The molecule has 4 heteroatoms. The van der Waals surface area contributed by atoms with Gasteiger partial charge in [-0.25, -0.2) is 0 Å². The van der Waals surface area contributed by atoms with Gasteiger partial charge in [-0.15, -0.1) is 0 Å². The Morgan fingerprint density at radius 1 is 1.62 bits per heavy atom. The zero-order valence-corrected chi connectivity index (χ0v) is 9.08. The van der Waals surface area contributed by atoms with Crippen LogP contribution in [0.3, 0.4) is 0 Å². The van der Waals surface area contributed by atoms with Gasteiger partial charge < -0.3 is 15.4 Å². The van der Waals surface area contributed by atoms with E-state index in [2.05, 4.69) is 23.7 Å². The lowest BCUT2D eigenvalue weighted by Gasteiger charge is -2.28. The van der Waals surface area contributed by atoms with E-state index in [9.17, 15) is 0 Å². The molecule has 0 radical (unpaired) electrons. The van der Waals surface area contributed by atoms with Gasteiger partial charge in [0.2, 0.25) is 0 Å². The highest BCUT2D eigenvalue weighted by Gasteiger charge is 2.12. The molecule has 0 saturated heterocycles. The van der Waals surface area contributed by atoms with Gasteiger partial charge in [0.15, 0.2) is 5.96 Å². The molecular formula is C9H21N3O. The first-order chi connectivity index (χ1) is 6.17. The van der Waals surface area contributed by atoms with Crippen molar-refractivity contribution < 1.29 is 4.74 Å². The van der Waals surface area contributed by atoms with Gasteiger partial charge in [0.1, 0.15) is 0 Å². The number of nitrogens with two attached hydrogens (primary N) is 1. The molecule has 0 fully saturated rings. The van der Waals surface area contributed by atoms with Gasteiger partial charge in [0, 0.05) is 26.7 Å².